The number of ether oxygens (including phenoxy) is 1. The van der Waals surface area contributed by atoms with Crippen LogP contribution in [0, 0.1) is 0 Å². The monoisotopic (exact) mass is 315 g/mol. The Labute approximate surface area is 137 Å². The summed E-state index contributed by atoms with van der Waals surface area (Å²) in [5.41, 5.74) is 1.34. The Morgan fingerprint density at radius 1 is 1.26 bits per heavy atom. The summed E-state index contributed by atoms with van der Waals surface area (Å²) >= 11 is 0. The number of rotatable bonds is 7. The van der Waals surface area contributed by atoms with Crippen molar-refractivity contribution in [3.8, 4) is 5.75 Å². The molecule has 0 amide bonds. The van der Waals surface area contributed by atoms with Crippen molar-refractivity contribution in [3.05, 3.63) is 35.7 Å². The van der Waals surface area contributed by atoms with E-state index >= 15 is 0 Å². The van der Waals surface area contributed by atoms with Crippen molar-refractivity contribution in [3.63, 3.8) is 0 Å². The first-order valence-electron chi connectivity index (χ1n) is 8.45. The third kappa shape index (κ3) is 3.69. The lowest BCUT2D eigenvalue weighted by molar-refractivity contribution is 0.236. The summed E-state index contributed by atoms with van der Waals surface area (Å²) in [6.07, 6.45) is 4.66. The number of hydrogen-bond acceptors (Lipinski definition) is 5. The van der Waals surface area contributed by atoms with Crippen LogP contribution in [-0.2, 0) is 13.1 Å². The standard InChI is InChI=1S/C17H25N5O/c1-3-4-12-22-17(18-19-20-22)13-21-11-5-6-16(21)14-7-9-15(23-2)10-8-14/h7-10,16H,3-6,11-13H2,1-2H3. The molecule has 1 aliphatic rings. The maximum Gasteiger partial charge on any atom is 0.165 e. The molecule has 1 aromatic heterocycles. The largest absolute Gasteiger partial charge is 0.497 e. The summed E-state index contributed by atoms with van der Waals surface area (Å²) in [7, 11) is 1.70. The average molecular weight is 315 g/mol. The number of likely N-dealkylation sites (tertiary alicyclic amines) is 1. The van der Waals surface area contributed by atoms with E-state index in [0.717, 1.165) is 44.0 Å². The van der Waals surface area contributed by atoms with E-state index in [1.165, 1.54) is 18.4 Å². The highest BCUT2D eigenvalue weighted by molar-refractivity contribution is 5.29. The molecule has 1 aliphatic heterocycles. The van der Waals surface area contributed by atoms with Gasteiger partial charge in [0, 0.05) is 12.6 Å². The van der Waals surface area contributed by atoms with Gasteiger partial charge in [-0.3, -0.25) is 4.90 Å². The molecular formula is C17H25N5O. The molecule has 2 aromatic rings. The Morgan fingerprint density at radius 3 is 2.83 bits per heavy atom. The fourth-order valence-electron chi connectivity index (χ4n) is 3.22. The van der Waals surface area contributed by atoms with Gasteiger partial charge in [0.2, 0.25) is 0 Å². The maximum absolute atomic E-state index is 5.25. The van der Waals surface area contributed by atoms with E-state index in [1.807, 2.05) is 16.8 Å². The van der Waals surface area contributed by atoms with Gasteiger partial charge >= 0.3 is 0 Å². The number of tetrazole rings is 1. The normalized spacial score (nSPS) is 18.4. The van der Waals surface area contributed by atoms with Gasteiger partial charge in [0.25, 0.3) is 0 Å². The summed E-state index contributed by atoms with van der Waals surface area (Å²) in [6.45, 7) is 4.99. The fraction of sp³-hybridized carbons (Fsp3) is 0.588. The maximum atomic E-state index is 5.25. The van der Waals surface area contributed by atoms with Crippen LogP contribution in [0.25, 0.3) is 0 Å². The zero-order chi connectivity index (χ0) is 16.1. The van der Waals surface area contributed by atoms with Crippen LogP contribution in [0.4, 0.5) is 0 Å². The van der Waals surface area contributed by atoms with Gasteiger partial charge in [-0.1, -0.05) is 25.5 Å². The van der Waals surface area contributed by atoms with Crippen LogP contribution in [0.1, 0.15) is 50.0 Å². The zero-order valence-electron chi connectivity index (χ0n) is 14.0. The van der Waals surface area contributed by atoms with Crippen molar-refractivity contribution >= 4 is 0 Å². The van der Waals surface area contributed by atoms with Crippen molar-refractivity contribution in [2.24, 2.45) is 0 Å². The molecule has 1 aromatic carbocycles. The predicted octanol–water partition coefficient (Wildman–Crippen LogP) is 2.82. The van der Waals surface area contributed by atoms with Gasteiger partial charge in [-0.25, -0.2) is 4.68 Å². The van der Waals surface area contributed by atoms with Crippen molar-refractivity contribution in [1.29, 1.82) is 0 Å². The Bertz CT molecular complexity index is 610. The Morgan fingerprint density at radius 2 is 2.09 bits per heavy atom. The second kappa shape index (κ2) is 7.55. The third-order valence-electron chi connectivity index (χ3n) is 4.54. The first-order valence-corrected chi connectivity index (χ1v) is 8.45. The van der Waals surface area contributed by atoms with Crippen LogP contribution in [0.5, 0.6) is 5.75 Å². The van der Waals surface area contributed by atoms with Crippen LogP contribution in [0.3, 0.4) is 0 Å². The van der Waals surface area contributed by atoms with E-state index in [4.69, 9.17) is 4.74 Å². The van der Waals surface area contributed by atoms with E-state index in [9.17, 15) is 0 Å². The molecule has 0 bridgehead atoms. The summed E-state index contributed by atoms with van der Waals surface area (Å²) < 4.78 is 7.20. The molecule has 23 heavy (non-hydrogen) atoms. The lowest BCUT2D eigenvalue weighted by Crippen LogP contribution is -2.25. The van der Waals surface area contributed by atoms with Crippen LogP contribution >= 0.6 is 0 Å². The average Bonchev–Trinajstić information content (AvgIpc) is 3.23. The van der Waals surface area contributed by atoms with Gasteiger partial charge in [0.05, 0.1) is 13.7 Å². The molecule has 6 heteroatoms. The molecule has 2 heterocycles. The molecule has 0 spiro atoms. The van der Waals surface area contributed by atoms with Crippen molar-refractivity contribution in [1.82, 2.24) is 25.1 Å². The Balaban J connectivity index is 1.70. The number of unbranched alkanes of at least 4 members (excludes halogenated alkanes) is 1. The molecule has 1 unspecified atom stereocenters. The van der Waals surface area contributed by atoms with Gasteiger partial charge in [0.15, 0.2) is 5.82 Å². The molecule has 0 N–H and O–H groups in total. The number of nitrogens with zero attached hydrogens (tertiary/aromatic N) is 5. The number of hydrogen-bond donors (Lipinski definition) is 0. The van der Waals surface area contributed by atoms with E-state index in [-0.39, 0.29) is 0 Å². The highest BCUT2D eigenvalue weighted by atomic mass is 16.5. The lowest BCUT2D eigenvalue weighted by atomic mass is 10.0. The first kappa shape index (κ1) is 15.9. The number of methoxy groups -OCH3 is 1. The second-order valence-corrected chi connectivity index (χ2v) is 6.07. The SMILES string of the molecule is CCCCn1nnnc1CN1CCCC1c1ccc(OC)cc1. The highest BCUT2D eigenvalue weighted by Crippen LogP contribution is 2.33. The molecule has 0 radical (unpaired) electrons. The zero-order valence-corrected chi connectivity index (χ0v) is 14.0. The van der Waals surface area contributed by atoms with Crippen LogP contribution in [0.15, 0.2) is 24.3 Å². The van der Waals surface area contributed by atoms with Gasteiger partial charge < -0.3 is 4.74 Å². The molecule has 1 fully saturated rings. The van der Waals surface area contributed by atoms with Crippen molar-refractivity contribution in [2.75, 3.05) is 13.7 Å². The summed E-state index contributed by atoms with van der Waals surface area (Å²) in [5.74, 6) is 1.88. The second-order valence-electron chi connectivity index (χ2n) is 6.07. The molecule has 1 saturated heterocycles. The van der Waals surface area contributed by atoms with Gasteiger partial charge in [0.1, 0.15) is 5.75 Å². The fourth-order valence-corrected chi connectivity index (χ4v) is 3.22. The topological polar surface area (TPSA) is 56.1 Å². The molecule has 0 saturated carbocycles. The Kier molecular flexibility index (Phi) is 5.23. The van der Waals surface area contributed by atoms with Crippen molar-refractivity contribution in [2.45, 2.75) is 51.7 Å². The highest BCUT2D eigenvalue weighted by Gasteiger charge is 2.27. The molecule has 6 nitrogen and oxygen atoms in total. The minimum atomic E-state index is 0.442. The van der Waals surface area contributed by atoms with E-state index < -0.39 is 0 Å². The number of aromatic nitrogens is 4. The summed E-state index contributed by atoms with van der Waals surface area (Å²) in [6, 6.07) is 8.86. The van der Waals surface area contributed by atoms with Crippen LogP contribution in [0.2, 0.25) is 0 Å². The number of aryl methyl sites for hydroxylation is 1. The quantitative estimate of drug-likeness (QED) is 0.786. The van der Waals surface area contributed by atoms with E-state index in [2.05, 4.69) is 39.5 Å². The van der Waals surface area contributed by atoms with Crippen LogP contribution < -0.4 is 4.74 Å². The lowest BCUT2D eigenvalue weighted by Gasteiger charge is -2.24. The van der Waals surface area contributed by atoms with Gasteiger partial charge in [-0.15, -0.1) is 5.10 Å². The minimum Gasteiger partial charge on any atom is -0.497 e. The first-order chi connectivity index (χ1) is 11.3. The Hall–Kier alpha value is -1.95. The van der Waals surface area contributed by atoms with Gasteiger partial charge in [-0.2, -0.15) is 0 Å². The smallest absolute Gasteiger partial charge is 0.165 e. The minimum absolute atomic E-state index is 0.442. The summed E-state index contributed by atoms with van der Waals surface area (Å²) in [5, 5.41) is 12.2. The molecule has 124 valence electrons. The van der Waals surface area contributed by atoms with Gasteiger partial charge in [-0.05, 0) is 53.9 Å². The molecule has 1 atom stereocenters. The number of benzene rings is 1. The summed E-state index contributed by atoms with van der Waals surface area (Å²) in [4.78, 5) is 2.48. The van der Waals surface area contributed by atoms with E-state index in [0.29, 0.717) is 6.04 Å². The van der Waals surface area contributed by atoms with E-state index in [1.54, 1.807) is 7.11 Å². The molecule has 3 rings (SSSR count). The predicted molar refractivity (Wildman–Crippen MR) is 88.1 cm³/mol. The third-order valence-corrected chi connectivity index (χ3v) is 4.54. The van der Waals surface area contributed by atoms with Crippen LogP contribution in [-0.4, -0.2) is 38.8 Å². The van der Waals surface area contributed by atoms with Crippen molar-refractivity contribution < 1.29 is 4.74 Å². The molecular weight excluding hydrogens is 290 g/mol. The molecule has 0 aliphatic carbocycles.